The predicted octanol–water partition coefficient (Wildman–Crippen LogP) is 3.81. The van der Waals surface area contributed by atoms with Crippen LogP contribution in [0.4, 0.5) is 0 Å². The summed E-state index contributed by atoms with van der Waals surface area (Å²) in [6.07, 6.45) is 1.67. The minimum absolute atomic E-state index is 0.171. The lowest BCUT2D eigenvalue weighted by Gasteiger charge is -1.97. The number of aromatic carboxylic acids is 1. The number of aromatic nitrogens is 2. The number of carbonyl (C=O) groups is 1. The van der Waals surface area contributed by atoms with Gasteiger partial charge in [-0.3, -0.25) is 0 Å². The molecule has 0 radical (unpaired) electrons. The van der Waals surface area contributed by atoms with Crippen LogP contribution in [-0.4, -0.2) is 21.0 Å². The van der Waals surface area contributed by atoms with Gasteiger partial charge in [-0.2, -0.15) is 0 Å². The number of nitrogens with zero attached hydrogens (tertiary/aromatic N) is 1. The summed E-state index contributed by atoms with van der Waals surface area (Å²) >= 11 is 1.55. The van der Waals surface area contributed by atoms with Crippen LogP contribution < -0.4 is 0 Å². The van der Waals surface area contributed by atoms with Crippen LogP contribution in [-0.2, 0) is 0 Å². The van der Waals surface area contributed by atoms with Gasteiger partial charge in [0.15, 0.2) is 0 Å². The van der Waals surface area contributed by atoms with Crippen molar-refractivity contribution >= 4 is 17.3 Å². The van der Waals surface area contributed by atoms with E-state index in [0.717, 1.165) is 21.8 Å². The van der Waals surface area contributed by atoms with Crippen molar-refractivity contribution < 1.29 is 9.90 Å². The second-order valence-electron chi connectivity index (χ2n) is 4.51. The molecule has 5 heteroatoms. The highest BCUT2D eigenvalue weighted by Gasteiger charge is 2.11. The minimum Gasteiger partial charge on any atom is -0.477 e. The second-order valence-corrected chi connectivity index (χ2v) is 5.37. The van der Waals surface area contributed by atoms with Crippen LogP contribution in [0.25, 0.3) is 21.8 Å². The Morgan fingerprint density at radius 3 is 2.85 bits per heavy atom. The monoisotopic (exact) mass is 284 g/mol. The molecule has 4 nitrogen and oxygen atoms in total. The van der Waals surface area contributed by atoms with Gasteiger partial charge in [0.1, 0.15) is 10.7 Å². The molecule has 1 aromatic carbocycles. The summed E-state index contributed by atoms with van der Waals surface area (Å²) in [6, 6.07) is 9.75. The summed E-state index contributed by atoms with van der Waals surface area (Å²) in [4.78, 5) is 18.2. The van der Waals surface area contributed by atoms with Crippen LogP contribution in [0.2, 0.25) is 0 Å². The molecule has 2 N–H and O–H groups in total. The first-order valence-electron chi connectivity index (χ1n) is 6.08. The summed E-state index contributed by atoms with van der Waals surface area (Å²) < 4.78 is 0. The summed E-state index contributed by atoms with van der Waals surface area (Å²) in [5.41, 5.74) is 4.02. The fourth-order valence-corrected chi connectivity index (χ4v) is 2.81. The lowest BCUT2D eigenvalue weighted by atomic mass is 10.1. The van der Waals surface area contributed by atoms with E-state index in [1.807, 2.05) is 30.5 Å². The molecule has 0 bridgehead atoms. The average molecular weight is 284 g/mol. The smallest absolute Gasteiger partial charge is 0.352 e. The van der Waals surface area contributed by atoms with Gasteiger partial charge in [-0.25, -0.2) is 9.78 Å². The number of aromatic amines is 1. The molecule has 0 fully saturated rings. The van der Waals surface area contributed by atoms with Crippen LogP contribution in [0.1, 0.15) is 16.1 Å². The molecule has 0 atom stereocenters. The molecule has 2 heterocycles. The van der Waals surface area contributed by atoms with Gasteiger partial charge >= 0.3 is 5.97 Å². The molecule has 3 aromatic rings. The Balaban J connectivity index is 1.95. The maximum absolute atomic E-state index is 10.9. The molecule has 0 aliphatic rings. The molecule has 0 amide bonds. The number of hydrogen-bond acceptors (Lipinski definition) is 3. The standard InChI is InChI=1S/C15H12N2O2S/c1-9-3-2-4-10(5-9)14-17-13(8-20-14)11-6-12(15(18)19)16-7-11/h2-8,16H,1H3,(H,18,19). The second kappa shape index (κ2) is 4.94. The molecule has 2 aromatic heterocycles. The largest absolute Gasteiger partial charge is 0.477 e. The number of thiazole rings is 1. The molecule has 0 saturated carbocycles. The fourth-order valence-electron chi connectivity index (χ4n) is 1.98. The Bertz CT molecular complexity index is 774. The maximum atomic E-state index is 10.9. The predicted molar refractivity (Wildman–Crippen MR) is 79.0 cm³/mol. The molecule has 100 valence electrons. The van der Waals surface area contributed by atoms with E-state index in [-0.39, 0.29) is 5.69 Å². The number of aryl methyl sites for hydroxylation is 1. The first kappa shape index (κ1) is 12.6. The quantitative estimate of drug-likeness (QED) is 0.768. The topological polar surface area (TPSA) is 66.0 Å². The van der Waals surface area contributed by atoms with Crippen molar-refractivity contribution in [2.45, 2.75) is 6.92 Å². The molecule has 20 heavy (non-hydrogen) atoms. The molecule has 0 aliphatic heterocycles. The van der Waals surface area contributed by atoms with Crippen LogP contribution >= 0.6 is 11.3 Å². The van der Waals surface area contributed by atoms with Crippen molar-refractivity contribution in [1.29, 1.82) is 0 Å². The van der Waals surface area contributed by atoms with E-state index in [1.54, 1.807) is 23.6 Å². The third-order valence-corrected chi connectivity index (χ3v) is 3.87. The van der Waals surface area contributed by atoms with Crippen molar-refractivity contribution in [2.75, 3.05) is 0 Å². The van der Waals surface area contributed by atoms with Gasteiger partial charge in [0.05, 0.1) is 5.69 Å². The third kappa shape index (κ3) is 2.35. The van der Waals surface area contributed by atoms with Crippen LogP contribution in [0.15, 0.2) is 41.9 Å². The summed E-state index contributed by atoms with van der Waals surface area (Å²) in [5, 5.41) is 11.8. The van der Waals surface area contributed by atoms with Crippen molar-refractivity contribution in [3.05, 3.63) is 53.2 Å². The zero-order chi connectivity index (χ0) is 14.1. The number of nitrogens with one attached hydrogen (secondary N) is 1. The molecular formula is C15H12N2O2S. The van der Waals surface area contributed by atoms with Gasteiger partial charge in [-0.1, -0.05) is 23.8 Å². The number of benzene rings is 1. The summed E-state index contributed by atoms with van der Waals surface area (Å²) in [7, 11) is 0. The molecular weight excluding hydrogens is 272 g/mol. The van der Waals surface area contributed by atoms with Crippen molar-refractivity contribution in [1.82, 2.24) is 9.97 Å². The van der Waals surface area contributed by atoms with Crippen LogP contribution in [0, 0.1) is 6.92 Å². The maximum Gasteiger partial charge on any atom is 0.352 e. The Morgan fingerprint density at radius 2 is 2.15 bits per heavy atom. The first-order chi connectivity index (χ1) is 9.63. The Labute approximate surface area is 119 Å². The lowest BCUT2D eigenvalue weighted by Crippen LogP contribution is -1.94. The van der Waals surface area contributed by atoms with Gasteiger partial charge < -0.3 is 10.1 Å². The average Bonchev–Trinajstić information content (AvgIpc) is 3.08. The molecule has 0 saturated heterocycles. The minimum atomic E-state index is -0.967. The fraction of sp³-hybridized carbons (Fsp3) is 0.0667. The molecule has 3 rings (SSSR count). The van der Waals surface area contributed by atoms with Gasteiger partial charge in [0.25, 0.3) is 0 Å². The highest BCUT2D eigenvalue weighted by Crippen LogP contribution is 2.29. The zero-order valence-electron chi connectivity index (χ0n) is 10.8. The van der Waals surface area contributed by atoms with Gasteiger partial charge in [-0.05, 0) is 19.1 Å². The molecule has 0 spiro atoms. The van der Waals surface area contributed by atoms with Crippen LogP contribution in [0.5, 0.6) is 0 Å². The summed E-state index contributed by atoms with van der Waals surface area (Å²) in [5.74, 6) is -0.967. The Morgan fingerprint density at radius 1 is 1.30 bits per heavy atom. The highest BCUT2D eigenvalue weighted by molar-refractivity contribution is 7.13. The first-order valence-corrected chi connectivity index (χ1v) is 6.96. The Hall–Kier alpha value is -2.40. The Kier molecular flexibility index (Phi) is 3.12. The van der Waals surface area contributed by atoms with Crippen LogP contribution in [0.3, 0.4) is 0 Å². The number of carboxylic acid groups (broad SMARTS) is 1. The van der Waals surface area contributed by atoms with Gasteiger partial charge in [0, 0.05) is 22.7 Å². The number of H-pyrrole nitrogens is 1. The zero-order valence-corrected chi connectivity index (χ0v) is 11.6. The van der Waals surface area contributed by atoms with E-state index in [2.05, 4.69) is 16.0 Å². The van der Waals surface area contributed by atoms with E-state index >= 15 is 0 Å². The number of carboxylic acids is 1. The van der Waals surface area contributed by atoms with Gasteiger partial charge in [0.2, 0.25) is 0 Å². The molecule has 0 unspecified atom stereocenters. The van der Waals surface area contributed by atoms with E-state index in [0.29, 0.717) is 0 Å². The van der Waals surface area contributed by atoms with E-state index in [9.17, 15) is 4.79 Å². The SMILES string of the molecule is Cc1cccc(-c2nc(-c3c[nH]c(C(=O)O)c3)cs2)c1. The number of hydrogen-bond donors (Lipinski definition) is 2. The van der Waals surface area contributed by atoms with Crippen molar-refractivity contribution in [3.63, 3.8) is 0 Å². The number of rotatable bonds is 3. The summed E-state index contributed by atoms with van der Waals surface area (Å²) in [6.45, 7) is 2.04. The van der Waals surface area contributed by atoms with Crippen molar-refractivity contribution in [3.8, 4) is 21.8 Å². The highest BCUT2D eigenvalue weighted by atomic mass is 32.1. The normalized spacial score (nSPS) is 10.7. The van der Waals surface area contributed by atoms with E-state index in [4.69, 9.17) is 5.11 Å². The molecule has 0 aliphatic carbocycles. The van der Waals surface area contributed by atoms with E-state index in [1.165, 1.54) is 5.56 Å². The van der Waals surface area contributed by atoms with E-state index < -0.39 is 5.97 Å². The third-order valence-electron chi connectivity index (χ3n) is 2.98. The van der Waals surface area contributed by atoms with Gasteiger partial charge in [-0.15, -0.1) is 11.3 Å². The lowest BCUT2D eigenvalue weighted by molar-refractivity contribution is 0.0691. The van der Waals surface area contributed by atoms with Crippen molar-refractivity contribution in [2.24, 2.45) is 0 Å².